The molecule has 2 heterocycles. The average molecular weight is 350 g/mol. The molecule has 134 valence electrons. The first-order valence-corrected chi connectivity index (χ1v) is 9.13. The highest BCUT2D eigenvalue weighted by atomic mass is 16.2. The zero-order valence-electron chi connectivity index (χ0n) is 14.6. The van der Waals surface area contributed by atoms with Gasteiger partial charge < -0.3 is 15.5 Å². The van der Waals surface area contributed by atoms with Crippen LogP contribution < -0.4 is 15.5 Å². The Balaban J connectivity index is 1.41. The Morgan fingerprint density at radius 2 is 1.58 bits per heavy atom. The lowest BCUT2D eigenvalue weighted by Crippen LogP contribution is -2.27. The number of rotatable bonds is 5. The third kappa shape index (κ3) is 3.85. The Labute approximate surface area is 152 Å². The number of hydrogen-bond donors (Lipinski definition) is 2. The van der Waals surface area contributed by atoms with Gasteiger partial charge in [0, 0.05) is 30.5 Å². The van der Waals surface area contributed by atoms with E-state index in [1.54, 1.807) is 18.2 Å². The zero-order chi connectivity index (χ0) is 17.9. The fourth-order valence-corrected chi connectivity index (χ4v) is 3.10. The standard InChI is InChI=1S/C20H22N4O2/c25-19(21-14-6-7-14)17-4-3-5-18(23-17)20(26)22-15-8-10-16(11-9-15)24-12-1-2-13-24/h3-5,8-11,14H,1-2,6-7,12-13H2,(H,21,25)(H,22,26). The molecule has 1 aromatic carbocycles. The van der Waals surface area contributed by atoms with Gasteiger partial charge >= 0.3 is 0 Å². The number of aromatic nitrogens is 1. The van der Waals surface area contributed by atoms with Crippen molar-refractivity contribution in [2.75, 3.05) is 23.3 Å². The summed E-state index contributed by atoms with van der Waals surface area (Å²) in [5.74, 6) is -0.544. The van der Waals surface area contributed by atoms with Crippen LogP contribution in [-0.2, 0) is 0 Å². The second kappa shape index (κ2) is 7.15. The molecule has 2 amide bonds. The summed E-state index contributed by atoms with van der Waals surface area (Å²) in [6, 6.07) is 13.0. The highest BCUT2D eigenvalue weighted by molar-refractivity contribution is 6.04. The minimum atomic E-state index is -0.319. The monoisotopic (exact) mass is 350 g/mol. The van der Waals surface area contributed by atoms with Crippen LogP contribution in [0.1, 0.15) is 46.7 Å². The van der Waals surface area contributed by atoms with E-state index in [9.17, 15) is 9.59 Å². The van der Waals surface area contributed by atoms with Gasteiger partial charge in [0.15, 0.2) is 0 Å². The van der Waals surface area contributed by atoms with Gasteiger partial charge in [-0.3, -0.25) is 9.59 Å². The second-order valence-corrected chi connectivity index (χ2v) is 6.85. The van der Waals surface area contributed by atoms with E-state index in [0.717, 1.165) is 25.9 Å². The first-order valence-electron chi connectivity index (χ1n) is 9.13. The fraction of sp³-hybridized carbons (Fsp3) is 0.350. The Hall–Kier alpha value is -2.89. The van der Waals surface area contributed by atoms with Crippen LogP contribution in [0.5, 0.6) is 0 Å². The molecule has 1 aliphatic heterocycles. The van der Waals surface area contributed by atoms with Crippen LogP contribution in [0.2, 0.25) is 0 Å². The molecule has 1 aromatic heterocycles. The Kier molecular flexibility index (Phi) is 4.56. The van der Waals surface area contributed by atoms with Gasteiger partial charge in [0.2, 0.25) is 0 Å². The van der Waals surface area contributed by atoms with Crippen molar-refractivity contribution in [1.82, 2.24) is 10.3 Å². The molecule has 4 rings (SSSR count). The number of carbonyl (C=O) groups excluding carboxylic acids is 2. The van der Waals surface area contributed by atoms with Crippen LogP contribution in [0.15, 0.2) is 42.5 Å². The van der Waals surface area contributed by atoms with E-state index in [0.29, 0.717) is 5.69 Å². The predicted molar refractivity (Wildman–Crippen MR) is 101 cm³/mol. The highest BCUT2D eigenvalue weighted by Crippen LogP contribution is 2.22. The van der Waals surface area contributed by atoms with E-state index in [4.69, 9.17) is 0 Å². The molecule has 0 bridgehead atoms. The molecule has 0 unspecified atom stereocenters. The van der Waals surface area contributed by atoms with E-state index >= 15 is 0 Å². The highest BCUT2D eigenvalue weighted by Gasteiger charge is 2.24. The smallest absolute Gasteiger partial charge is 0.274 e. The van der Waals surface area contributed by atoms with Gasteiger partial charge in [0.25, 0.3) is 11.8 Å². The second-order valence-electron chi connectivity index (χ2n) is 6.85. The van der Waals surface area contributed by atoms with E-state index in [1.165, 1.54) is 18.5 Å². The molecule has 0 atom stereocenters. The Bertz CT molecular complexity index is 809. The molecule has 6 nitrogen and oxygen atoms in total. The van der Waals surface area contributed by atoms with E-state index in [-0.39, 0.29) is 29.2 Å². The van der Waals surface area contributed by atoms with Crippen LogP contribution in [0, 0.1) is 0 Å². The number of anilines is 2. The van der Waals surface area contributed by atoms with Gasteiger partial charge in [-0.05, 0) is 62.1 Å². The summed E-state index contributed by atoms with van der Waals surface area (Å²) in [7, 11) is 0. The first-order chi connectivity index (χ1) is 12.7. The average Bonchev–Trinajstić information content (AvgIpc) is 3.31. The molecule has 0 radical (unpaired) electrons. The lowest BCUT2D eigenvalue weighted by molar-refractivity contribution is 0.0946. The summed E-state index contributed by atoms with van der Waals surface area (Å²) >= 11 is 0. The molecule has 2 aliphatic rings. The Morgan fingerprint density at radius 1 is 0.923 bits per heavy atom. The molecular formula is C20H22N4O2. The molecule has 2 N–H and O–H groups in total. The molecule has 6 heteroatoms. The van der Waals surface area contributed by atoms with E-state index < -0.39 is 0 Å². The summed E-state index contributed by atoms with van der Waals surface area (Å²) in [5.41, 5.74) is 2.40. The number of carbonyl (C=O) groups is 2. The van der Waals surface area contributed by atoms with Gasteiger partial charge in [0.1, 0.15) is 11.4 Å². The van der Waals surface area contributed by atoms with Crippen LogP contribution in [0.4, 0.5) is 11.4 Å². The molecule has 2 fully saturated rings. The molecule has 2 aromatic rings. The van der Waals surface area contributed by atoms with Crippen molar-refractivity contribution in [2.24, 2.45) is 0 Å². The Morgan fingerprint density at radius 3 is 2.23 bits per heavy atom. The SMILES string of the molecule is O=C(Nc1ccc(N2CCCC2)cc1)c1cccc(C(=O)NC2CC2)n1. The third-order valence-electron chi connectivity index (χ3n) is 4.72. The largest absolute Gasteiger partial charge is 0.372 e. The molecule has 1 saturated carbocycles. The number of hydrogen-bond acceptors (Lipinski definition) is 4. The van der Waals surface area contributed by atoms with Gasteiger partial charge in [0.05, 0.1) is 0 Å². The molecule has 1 saturated heterocycles. The topological polar surface area (TPSA) is 74.3 Å². The maximum absolute atomic E-state index is 12.4. The van der Waals surface area contributed by atoms with Crippen LogP contribution in [0.25, 0.3) is 0 Å². The number of nitrogens with one attached hydrogen (secondary N) is 2. The predicted octanol–water partition coefficient (Wildman–Crippen LogP) is 2.83. The summed E-state index contributed by atoms with van der Waals surface area (Å²) in [5, 5.41) is 5.72. The van der Waals surface area contributed by atoms with Crippen molar-refractivity contribution in [3.8, 4) is 0 Å². The van der Waals surface area contributed by atoms with Crippen molar-refractivity contribution in [1.29, 1.82) is 0 Å². The van der Waals surface area contributed by atoms with Crippen LogP contribution >= 0.6 is 0 Å². The number of amides is 2. The van der Waals surface area contributed by atoms with Crippen molar-refractivity contribution in [3.05, 3.63) is 53.9 Å². The summed E-state index contributed by atoms with van der Waals surface area (Å²) in [6.07, 6.45) is 4.49. The van der Waals surface area contributed by atoms with Crippen molar-refractivity contribution < 1.29 is 9.59 Å². The van der Waals surface area contributed by atoms with Crippen molar-refractivity contribution in [3.63, 3.8) is 0 Å². The van der Waals surface area contributed by atoms with Gasteiger partial charge in [-0.15, -0.1) is 0 Å². The lowest BCUT2D eigenvalue weighted by Gasteiger charge is -2.17. The molecule has 26 heavy (non-hydrogen) atoms. The molecule has 0 spiro atoms. The van der Waals surface area contributed by atoms with Crippen molar-refractivity contribution >= 4 is 23.2 Å². The van der Waals surface area contributed by atoms with Crippen LogP contribution in [-0.4, -0.2) is 35.9 Å². The number of nitrogens with zero attached hydrogens (tertiary/aromatic N) is 2. The number of pyridine rings is 1. The normalized spacial score (nSPS) is 16.4. The first kappa shape index (κ1) is 16.6. The van der Waals surface area contributed by atoms with Gasteiger partial charge in [-0.2, -0.15) is 0 Å². The summed E-state index contributed by atoms with van der Waals surface area (Å²) in [4.78, 5) is 31.1. The van der Waals surface area contributed by atoms with Crippen molar-refractivity contribution in [2.45, 2.75) is 31.7 Å². The summed E-state index contributed by atoms with van der Waals surface area (Å²) < 4.78 is 0. The maximum Gasteiger partial charge on any atom is 0.274 e. The van der Waals surface area contributed by atoms with Gasteiger partial charge in [-0.1, -0.05) is 6.07 Å². The quantitative estimate of drug-likeness (QED) is 0.870. The van der Waals surface area contributed by atoms with E-state index in [1.807, 2.05) is 24.3 Å². The molecule has 1 aliphatic carbocycles. The lowest BCUT2D eigenvalue weighted by atomic mass is 10.2. The van der Waals surface area contributed by atoms with E-state index in [2.05, 4.69) is 20.5 Å². The maximum atomic E-state index is 12.4. The fourth-order valence-electron chi connectivity index (χ4n) is 3.10. The minimum absolute atomic E-state index is 0.225. The zero-order valence-corrected chi connectivity index (χ0v) is 14.6. The minimum Gasteiger partial charge on any atom is -0.372 e. The third-order valence-corrected chi connectivity index (χ3v) is 4.72. The molecular weight excluding hydrogens is 328 g/mol. The van der Waals surface area contributed by atoms with Crippen LogP contribution in [0.3, 0.4) is 0 Å². The number of benzene rings is 1. The summed E-state index contributed by atoms with van der Waals surface area (Å²) in [6.45, 7) is 2.18. The van der Waals surface area contributed by atoms with Gasteiger partial charge in [-0.25, -0.2) is 4.98 Å².